The van der Waals surface area contributed by atoms with E-state index in [4.69, 9.17) is 0 Å². The van der Waals surface area contributed by atoms with E-state index in [1.165, 1.54) is 23.1 Å². The third kappa shape index (κ3) is 5.31. The van der Waals surface area contributed by atoms with Crippen molar-refractivity contribution < 1.29 is 4.79 Å². The summed E-state index contributed by atoms with van der Waals surface area (Å²) in [5, 5.41) is 15.1. The Morgan fingerprint density at radius 2 is 2.09 bits per heavy atom. The maximum atomic E-state index is 12.0. The molecule has 0 unspecified atom stereocenters. The molecule has 2 N–H and O–H groups in total. The Bertz CT molecular complexity index is 588. The Morgan fingerprint density at radius 1 is 1.32 bits per heavy atom. The van der Waals surface area contributed by atoms with Crippen molar-refractivity contribution in [2.75, 3.05) is 17.6 Å². The van der Waals surface area contributed by atoms with Crippen LogP contribution in [0.2, 0.25) is 0 Å². The first-order valence-corrected chi connectivity index (χ1v) is 9.03. The fourth-order valence-electron chi connectivity index (χ4n) is 1.81. The molecular formula is C15H20N4OS2. The average Bonchev–Trinajstić information content (AvgIpc) is 2.99. The third-order valence-electron chi connectivity index (χ3n) is 2.94. The number of benzene rings is 1. The molecule has 2 rings (SSSR count). The van der Waals surface area contributed by atoms with E-state index in [-0.39, 0.29) is 11.9 Å². The van der Waals surface area contributed by atoms with E-state index in [9.17, 15) is 4.79 Å². The molecule has 0 radical (unpaired) electrons. The minimum Gasteiger partial charge on any atom is -0.360 e. The Balaban J connectivity index is 1.76. The maximum Gasteiger partial charge on any atom is 0.230 e. The van der Waals surface area contributed by atoms with E-state index >= 15 is 0 Å². The monoisotopic (exact) mass is 336 g/mol. The van der Waals surface area contributed by atoms with Crippen LogP contribution in [-0.4, -0.2) is 28.4 Å². The molecule has 0 aliphatic carbocycles. The van der Waals surface area contributed by atoms with Gasteiger partial charge in [0.2, 0.25) is 11.0 Å². The van der Waals surface area contributed by atoms with Gasteiger partial charge >= 0.3 is 0 Å². The van der Waals surface area contributed by atoms with Gasteiger partial charge in [-0.2, -0.15) is 0 Å². The number of thioether (sulfide) groups is 1. The smallest absolute Gasteiger partial charge is 0.230 e. The lowest BCUT2D eigenvalue weighted by atomic mass is 10.1. The minimum absolute atomic E-state index is 0.000351. The van der Waals surface area contributed by atoms with Crippen LogP contribution in [0.15, 0.2) is 34.7 Å². The normalized spacial score (nSPS) is 11.9. The summed E-state index contributed by atoms with van der Waals surface area (Å²) in [7, 11) is 0. The first-order chi connectivity index (χ1) is 10.7. The van der Waals surface area contributed by atoms with Crippen molar-refractivity contribution in [3.63, 3.8) is 0 Å². The van der Waals surface area contributed by atoms with Crippen molar-refractivity contribution in [2.24, 2.45) is 0 Å². The van der Waals surface area contributed by atoms with Crippen molar-refractivity contribution in [1.29, 1.82) is 0 Å². The number of carbonyl (C=O) groups excluding carboxylic acids is 1. The number of hydrogen-bond donors (Lipinski definition) is 2. The lowest BCUT2D eigenvalue weighted by molar-refractivity contribution is -0.119. The molecule has 0 fully saturated rings. The fourth-order valence-corrected chi connectivity index (χ4v) is 3.40. The second kappa shape index (κ2) is 8.75. The van der Waals surface area contributed by atoms with Crippen molar-refractivity contribution in [1.82, 2.24) is 15.5 Å². The number of nitrogens with zero attached hydrogens (tertiary/aromatic N) is 2. The molecule has 0 bridgehead atoms. The van der Waals surface area contributed by atoms with Crippen LogP contribution in [0.5, 0.6) is 0 Å². The molecule has 1 aromatic heterocycles. The summed E-state index contributed by atoms with van der Waals surface area (Å²) < 4.78 is 0.807. The lowest BCUT2D eigenvalue weighted by Crippen LogP contribution is -2.28. The van der Waals surface area contributed by atoms with Crippen molar-refractivity contribution in [3.8, 4) is 0 Å². The van der Waals surface area contributed by atoms with E-state index in [1.54, 1.807) is 0 Å². The second-order valence-electron chi connectivity index (χ2n) is 4.79. The number of nitrogens with one attached hydrogen (secondary N) is 2. The molecule has 0 saturated carbocycles. The molecule has 5 nitrogen and oxygen atoms in total. The predicted molar refractivity (Wildman–Crippen MR) is 92.4 cm³/mol. The zero-order chi connectivity index (χ0) is 15.8. The second-order valence-corrected chi connectivity index (χ2v) is 6.99. The molecule has 118 valence electrons. The fraction of sp³-hybridized carbons (Fsp3) is 0.400. The van der Waals surface area contributed by atoms with Crippen LogP contribution < -0.4 is 10.6 Å². The highest BCUT2D eigenvalue weighted by Crippen LogP contribution is 2.25. The summed E-state index contributed by atoms with van der Waals surface area (Å²) in [4.78, 5) is 12.0. The molecule has 22 heavy (non-hydrogen) atoms. The topological polar surface area (TPSA) is 66.9 Å². The minimum atomic E-state index is -0.000351. The van der Waals surface area contributed by atoms with Gasteiger partial charge in [-0.15, -0.1) is 10.2 Å². The van der Waals surface area contributed by atoms with Gasteiger partial charge in [-0.3, -0.25) is 4.79 Å². The van der Waals surface area contributed by atoms with Crippen LogP contribution in [-0.2, 0) is 4.79 Å². The van der Waals surface area contributed by atoms with Gasteiger partial charge in [-0.05, 0) is 18.9 Å². The number of rotatable bonds is 8. The molecule has 2 aromatic rings. The summed E-state index contributed by atoms with van der Waals surface area (Å²) in [6, 6.07) is 9.93. The van der Waals surface area contributed by atoms with Gasteiger partial charge in [0.15, 0.2) is 4.34 Å². The Morgan fingerprint density at radius 3 is 2.82 bits per heavy atom. The zero-order valence-electron chi connectivity index (χ0n) is 12.7. The van der Waals surface area contributed by atoms with E-state index < -0.39 is 0 Å². The van der Waals surface area contributed by atoms with Gasteiger partial charge in [-0.25, -0.2) is 0 Å². The largest absolute Gasteiger partial charge is 0.360 e. The Kier molecular flexibility index (Phi) is 6.67. The highest BCUT2D eigenvalue weighted by molar-refractivity contribution is 8.01. The number of anilines is 1. The molecule has 0 aliphatic rings. The Hall–Kier alpha value is -1.60. The van der Waals surface area contributed by atoms with E-state index in [1.807, 2.05) is 37.3 Å². The first-order valence-electron chi connectivity index (χ1n) is 7.23. The first kappa shape index (κ1) is 16.8. The highest BCUT2D eigenvalue weighted by atomic mass is 32.2. The lowest BCUT2D eigenvalue weighted by Gasteiger charge is -2.13. The SMILES string of the molecule is CCCNc1nnc(SCC(=O)N[C@@H](C)c2ccccc2)s1. The standard InChI is InChI=1S/C15H20N4OS2/c1-3-9-16-14-18-19-15(22-14)21-10-13(20)17-11(2)12-7-5-4-6-8-12/h4-8,11H,3,9-10H2,1-2H3,(H,16,18)(H,17,20)/t11-/m0/s1. The number of amides is 1. The van der Waals surface area contributed by atoms with Crippen LogP contribution in [0.25, 0.3) is 0 Å². The van der Waals surface area contributed by atoms with Crippen LogP contribution in [0.4, 0.5) is 5.13 Å². The molecular weight excluding hydrogens is 316 g/mol. The van der Waals surface area contributed by atoms with Gasteiger partial charge in [-0.1, -0.05) is 60.4 Å². The van der Waals surface area contributed by atoms with E-state index in [2.05, 4.69) is 27.8 Å². The molecule has 7 heteroatoms. The molecule has 0 spiro atoms. The summed E-state index contributed by atoms with van der Waals surface area (Å²) in [5.41, 5.74) is 1.10. The summed E-state index contributed by atoms with van der Waals surface area (Å²) in [5.74, 6) is 0.346. The molecule has 1 amide bonds. The number of aromatic nitrogens is 2. The van der Waals surface area contributed by atoms with Crippen molar-refractivity contribution >= 4 is 34.1 Å². The summed E-state index contributed by atoms with van der Waals surface area (Å²) in [6.45, 7) is 4.96. The number of hydrogen-bond acceptors (Lipinski definition) is 6. The van der Waals surface area contributed by atoms with Gasteiger partial charge in [0.25, 0.3) is 0 Å². The van der Waals surface area contributed by atoms with Gasteiger partial charge in [0.1, 0.15) is 0 Å². The average molecular weight is 336 g/mol. The molecule has 0 aliphatic heterocycles. The molecule has 0 saturated heterocycles. The van der Waals surface area contributed by atoms with Crippen molar-refractivity contribution in [2.45, 2.75) is 30.6 Å². The van der Waals surface area contributed by atoms with Gasteiger partial charge in [0.05, 0.1) is 11.8 Å². The van der Waals surface area contributed by atoms with Crippen molar-refractivity contribution in [3.05, 3.63) is 35.9 Å². The summed E-state index contributed by atoms with van der Waals surface area (Å²) in [6.07, 6.45) is 1.04. The van der Waals surface area contributed by atoms with E-state index in [0.29, 0.717) is 5.75 Å². The van der Waals surface area contributed by atoms with Crippen LogP contribution in [0.1, 0.15) is 31.9 Å². The zero-order valence-corrected chi connectivity index (χ0v) is 14.3. The maximum absolute atomic E-state index is 12.0. The summed E-state index contributed by atoms with van der Waals surface area (Å²) >= 11 is 2.89. The number of carbonyl (C=O) groups is 1. The molecule has 1 heterocycles. The van der Waals surface area contributed by atoms with Crippen LogP contribution in [0, 0.1) is 0 Å². The van der Waals surface area contributed by atoms with Gasteiger partial charge in [0, 0.05) is 6.54 Å². The van der Waals surface area contributed by atoms with Gasteiger partial charge < -0.3 is 10.6 Å². The van der Waals surface area contributed by atoms with E-state index in [0.717, 1.165) is 28.0 Å². The quantitative estimate of drug-likeness (QED) is 0.724. The predicted octanol–water partition coefficient (Wildman–Crippen LogP) is 3.33. The van der Waals surface area contributed by atoms with Crippen LogP contribution >= 0.6 is 23.1 Å². The highest BCUT2D eigenvalue weighted by Gasteiger charge is 2.11. The molecule has 1 aromatic carbocycles. The third-order valence-corrected chi connectivity index (χ3v) is 4.95. The Labute approximate surface area is 138 Å². The van der Waals surface area contributed by atoms with Crippen LogP contribution in [0.3, 0.4) is 0 Å². The molecule has 1 atom stereocenters.